The van der Waals surface area contributed by atoms with E-state index >= 15 is 0 Å². The van der Waals surface area contributed by atoms with Gasteiger partial charge in [-0.2, -0.15) is 0 Å². The van der Waals surface area contributed by atoms with E-state index in [0.29, 0.717) is 21.3 Å². The van der Waals surface area contributed by atoms with E-state index < -0.39 is 0 Å². The van der Waals surface area contributed by atoms with Crippen molar-refractivity contribution in [3.8, 4) is 10.6 Å². The summed E-state index contributed by atoms with van der Waals surface area (Å²) in [5.74, 6) is -0.366. The molecule has 5 heteroatoms. The van der Waals surface area contributed by atoms with E-state index in [1.165, 1.54) is 17.4 Å². The van der Waals surface area contributed by atoms with Crippen LogP contribution in [0.4, 0.5) is 10.1 Å². The standard InChI is InChI=1S/C13H8ClFN2S/c14-7-1-3-9(10(15)5-7)13-17-11-4-2-8(16)6-12(11)18-13/h1-6H,16H2. The molecule has 90 valence electrons. The number of fused-ring (bicyclic) bond motifs is 1. The molecule has 0 saturated carbocycles. The lowest BCUT2D eigenvalue weighted by molar-refractivity contribution is 0.631. The van der Waals surface area contributed by atoms with Crippen LogP contribution in [0.2, 0.25) is 5.02 Å². The van der Waals surface area contributed by atoms with Crippen molar-refractivity contribution in [3.63, 3.8) is 0 Å². The average molecular weight is 279 g/mol. The van der Waals surface area contributed by atoms with Crippen molar-refractivity contribution in [3.05, 3.63) is 47.2 Å². The minimum atomic E-state index is -0.366. The molecule has 0 unspecified atom stereocenters. The summed E-state index contributed by atoms with van der Waals surface area (Å²) in [7, 11) is 0. The quantitative estimate of drug-likeness (QED) is 0.673. The molecule has 0 atom stereocenters. The van der Waals surface area contributed by atoms with Crippen molar-refractivity contribution in [1.82, 2.24) is 4.98 Å². The van der Waals surface area contributed by atoms with Gasteiger partial charge in [-0.1, -0.05) is 11.6 Å². The highest BCUT2D eigenvalue weighted by atomic mass is 35.5. The van der Waals surface area contributed by atoms with Crippen molar-refractivity contribution in [1.29, 1.82) is 0 Å². The highest BCUT2D eigenvalue weighted by Gasteiger charge is 2.11. The van der Waals surface area contributed by atoms with Crippen LogP contribution in [0.5, 0.6) is 0 Å². The second-order valence-electron chi connectivity index (χ2n) is 3.87. The smallest absolute Gasteiger partial charge is 0.134 e. The van der Waals surface area contributed by atoms with Gasteiger partial charge < -0.3 is 5.73 Å². The molecule has 0 aliphatic carbocycles. The number of hydrogen-bond donors (Lipinski definition) is 1. The van der Waals surface area contributed by atoms with E-state index in [2.05, 4.69) is 4.98 Å². The van der Waals surface area contributed by atoms with Crippen LogP contribution in [-0.2, 0) is 0 Å². The first-order valence-electron chi connectivity index (χ1n) is 5.25. The Hall–Kier alpha value is -1.65. The molecule has 0 bridgehead atoms. The molecular weight excluding hydrogens is 271 g/mol. The number of anilines is 1. The maximum absolute atomic E-state index is 13.8. The second-order valence-corrected chi connectivity index (χ2v) is 5.34. The van der Waals surface area contributed by atoms with Gasteiger partial charge in [0.25, 0.3) is 0 Å². The Bertz CT molecular complexity index is 739. The summed E-state index contributed by atoms with van der Waals surface area (Å²) in [6.07, 6.45) is 0. The van der Waals surface area contributed by atoms with E-state index in [-0.39, 0.29) is 5.82 Å². The van der Waals surface area contributed by atoms with Gasteiger partial charge in [0, 0.05) is 16.3 Å². The molecule has 1 aromatic heterocycles. The number of nitrogen functional groups attached to an aromatic ring is 1. The molecule has 0 amide bonds. The maximum Gasteiger partial charge on any atom is 0.134 e. The third-order valence-electron chi connectivity index (χ3n) is 2.57. The molecule has 18 heavy (non-hydrogen) atoms. The molecule has 3 rings (SSSR count). The minimum absolute atomic E-state index is 0.366. The maximum atomic E-state index is 13.8. The zero-order valence-corrected chi connectivity index (χ0v) is 10.7. The van der Waals surface area contributed by atoms with E-state index in [0.717, 1.165) is 10.2 Å². The number of thiazole rings is 1. The summed E-state index contributed by atoms with van der Waals surface area (Å²) in [6, 6.07) is 10.0. The molecule has 0 radical (unpaired) electrons. The van der Waals surface area contributed by atoms with Crippen LogP contribution in [0, 0.1) is 5.82 Å². The third kappa shape index (κ3) is 1.94. The summed E-state index contributed by atoms with van der Waals surface area (Å²) >= 11 is 7.14. The zero-order valence-electron chi connectivity index (χ0n) is 9.15. The molecule has 0 fully saturated rings. The third-order valence-corrected chi connectivity index (χ3v) is 3.86. The summed E-state index contributed by atoms with van der Waals surface area (Å²) in [4.78, 5) is 4.39. The normalized spacial score (nSPS) is 11.0. The number of benzene rings is 2. The Morgan fingerprint density at radius 3 is 2.78 bits per heavy atom. The van der Waals surface area contributed by atoms with Crippen LogP contribution in [0.1, 0.15) is 0 Å². The van der Waals surface area contributed by atoms with Gasteiger partial charge in [0.05, 0.1) is 10.2 Å². The molecule has 0 aliphatic rings. The van der Waals surface area contributed by atoms with Gasteiger partial charge in [0.2, 0.25) is 0 Å². The summed E-state index contributed by atoms with van der Waals surface area (Å²) in [5, 5.41) is 1.01. The molecule has 2 N–H and O–H groups in total. The minimum Gasteiger partial charge on any atom is -0.399 e. The second kappa shape index (κ2) is 4.23. The van der Waals surface area contributed by atoms with E-state index in [1.54, 1.807) is 18.2 Å². The lowest BCUT2D eigenvalue weighted by Crippen LogP contribution is -1.83. The van der Waals surface area contributed by atoms with Crippen molar-refractivity contribution < 1.29 is 4.39 Å². The molecule has 1 heterocycles. The number of rotatable bonds is 1. The highest BCUT2D eigenvalue weighted by Crippen LogP contribution is 2.33. The van der Waals surface area contributed by atoms with Crippen LogP contribution >= 0.6 is 22.9 Å². The number of hydrogen-bond acceptors (Lipinski definition) is 3. The first kappa shape index (κ1) is 11.4. The average Bonchev–Trinajstić information content (AvgIpc) is 2.71. The molecular formula is C13H8ClFN2S. The van der Waals surface area contributed by atoms with Crippen LogP contribution in [0.25, 0.3) is 20.8 Å². The van der Waals surface area contributed by atoms with Gasteiger partial charge in [-0.25, -0.2) is 9.37 Å². The summed E-state index contributed by atoms with van der Waals surface area (Å²) in [5.41, 5.74) is 7.66. The van der Waals surface area contributed by atoms with Gasteiger partial charge in [0.15, 0.2) is 0 Å². The van der Waals surface area contributed by atoms with Crippen molar-refractivity contribution in [2.24, 2.45) is 0 Å². The summed E-state index contributed by atoms with van der Waals surface area (Å²) in [6.45, 7) is 0. The van der Waals surface area contributed by atoms with Crippen LogP contribution in [-0.4, -0.2) is 4.98 Å². The molecule has 3 aromatic rings. The fourth-order valence-corrected chi connectivity index (χ4v) is 2.92. The first-order chi connectivity index (χ1) is 8.63. The fourth-order valence-electron chi connectivity index (χ4n) is 1.72. The Balaban J connectivity index is 2.19. The summed E-state index contributed by atoms with van der Waals surface area (Å²) < 4.78 is 14.7. The highest BCUT2D eigenvalue weighted by molar-refractivity contribution is 7.21. The lowest BCUT2D eigenvalue weighted by atomic mass is 10.2. The number of halogens is 2. The van der Waals surface area contributed by atoms with Gasteiger partial charge in [-0.3, -0.25) is 0 Å². The number of aromatic nitrogens is 1. The van der Waals surface area contributed by atoms with E-state index in [4.69, 9.17) is 17.3 Å². The van der Waals surface area contributed by atoms with Crippen molar-refractivity contribution >= 4 is 38.8 Å². The first-order valence-corrected chi connectivity index (χ1v) is 6.44. The predicted octanol–water partition coefficient (Wildman–Crippen LogP) is 4.34. The molecule has 0 saturated heterocycles. The van der Waals surface area contributed by atoms with Crippen LogP contribution in [0.3, 0.4) is 0 Å². The molecule has 0 spiro atoms. The SMILES string of the molecule is Nc1ccc2nc(-c3ccc(Cl)cc3F)sc2c1. The van der Waals surface area contributed by atoms with E-state index in [1.807, 2.05) is 12.1 Å². The topological polar surface area (TPSA) is 38.9 Å². The number of nitrogens with two attached hydrogens (primary N) is 1. The van der Waals surface area contributed by atoms with E-state index in [9.17, 15) is 4.39 Å². The molecule has 2 nitrogen and oxygen atoms in total. The van der Waals surface area contributed by atoms with Crippen molar-refractivity contribution in [2.75, 3.05) is 5.73 Å². The zero-order chi connectivity index (χ0) is 12.7. The largest absolute Gasteiger partial charge is 0.399 e. The molecule has 0 aliphatic heterocycles. The Morgan fingerprint density at radius 2 is 2.00 bits per heavy atom. The van der Waals surface area contributed by atoms with Gasteiger partial charge in [-0.05, 0) is 36.4 Å². The molecule has 2 aromatic carbocycles. The Labute approximate surface area is 112 Å². The Morgan fingerprint density at radius 1 is 1.17 bits per heavy atom. The van der Waals surface area contributed by atoms with Gasteiger partial charge >= 0.3 is 0 Å². The van der Waals surface area contributed by atoms with Crippen molar-refractivity contribution in [2.45, 2.75) is 0 Å². The predicted molar refractivity (Wildman–Crippen MR) is 74.4 cm³/mol. The fraction of sp³-hybridized carbons (Fsp3) is 0. The van der Waals surface area contributed by atoms with Gasteiger partial charge in [0.1, 0.15) is 10.8 Å². The van der Waals surface area contributed by atoms with Crippen LogP contribution in [0.15, 0.2) is 36.4 Å². The lowest BCUT2D eigenvalue weighted by Gasteiger charge is -1.98. The monoisotopic (exact) mass is 278 g/mol. The Kier molecular flexibility index (Phi) is 2.69. The van der Waals surface area contributed by atoms with Crippen LogP contribution < -0.4 is 5.73 Å². The number of nitrogens with zero attached hydrogens (tertiary/aromatic N) is 1. The van der Waals surface area contributed by atoms with Gasteiger partial charge in [-0.15, -0.1) is 11.3 Å².